The molecule has 0 unspecified atom stereocenters. The van der Waals surface area contributed by atoms with Crippen LogP contribution in [0.3, 0.4) is 0 Å². The molecule has 0 bridgehead atoms. The van der Waals surface area contributed by atoms with Crippen molar-refractivity contribution in [2.45, 2.75) is 90.3 Å². The van der Waals surface area contributed by atoms with Gasteiger partial charge >= 0.3 is 5.97 Å². The van der Waals surface area contributed by atoms with Crippen molar-refractivity contribution < 1.29 is 14.7 Å². The van der Waals surface area contributed by atoms with Crippen LogP contribution in [0.4, 0.5) is 0 Å². The lowest BCUT2D eigenvalue weighted by atomic mass is 9.81. The van der Waals surface area contributed by atoms with Crippen molar-refractivity contribution in [1.29, 1.82) is 0 Å². The molecule has 226 valence electrons. The largest absolute Gasteiger partial charge is 0.478 e. The number of aromatic nitrogens is 2. The van der Waals surface area contributed by atoms with Crippen molar-refractivity contribution in [3.05, 3.63) is 59.3 Å². The second-order valence-electron chi connectivity index (χ2n) is 12.8. The first kappa shape index (κ1) is 28.2. The van der Waals surface area contributed by atoms with Crippen molar-refractivity contribution in [2.24, 2.45) is 0 Å². The number of benzene rings is 2. The number of likely N-dealkylation sites (tertiary alicyclic amines) is 1. The molecular formula is C36H44N4O3. The SMILES string of the molecule is CCN(CC)C1CCN(C(=O)c2cc3cccc4c3n2CCCn2c-4c(C3CCCCC3)c3ccc(C(=O)O)cc32)CC1. The average Bonchev–Trinajstić information content (AvgIpc) is 3.56. The van der Waals surface area contributed by atoms with E-state index in [2.05, 4.69) is 63.1 Å². The van der Waals surface area contributed by atoms with Gasteiger partial charge in [-0.05, 0) is 74.9 Å². The topological polar surface area (TPSA) is 70.7 Å². The van der Waals surface area contributed by atoms with E-state index in [9.17, 15) is 14.7 Å². The number of fused-ring (bicyclic) bond motifs is 4. The number of piperidine rings is 1. The molecule has 0 atom stereocenters. The van der Waals surface area contributed by atoms with Gasteiger partial charge in [-0.2, -0.15) is 0 Å². The van der Waals surface area contributed by atoms with E-state index in [1.165, 1.54) is 41.5 Å². The quantitative estimate of drug-likeness (QED) is 0.259. The maximum atomic E-state index is 14.1. The van der Waals surface area contributed by atoms with Crippen LogP contribution in [0.2, 0.25) is 0 Å². The summed E-state index contributed by atoms with van der Waals surface area (Å²) in [6.07, 6.45) is 9.00. The van der Waals surface area contributed by atoms with Gasteiger partial charge in [-0.1, -0.05) is 57.4 Å². The molecule has 0 radical (unpaired) electrons. The van der Waals surface area contributed by atoms with E-state index in [0.717, 1.165) is 93.5 Å². The van der Waals surface area contributed by atoms with Gasteiger partial charge in [0.25, 0.3) is 5.91 Å². The van der Waals surface area contributed by atoms with E-state index in [4.69, 9.17) is 0 Å². The number of hydrogen-bond acceptors (Lipinski definition) is 3. The third-order valence-corrected chi connectivity index (χ3v) is 10.6. The summed E-state index contributed by atoms with van der Waals surface area (Å²) >= 11 is 0. The minimum absolute atomic E-state index is 0.153. The fraction of sp³-hybridized carbons (Fsp3) is 0.500. The third kappa shape index (κ3) is 4.76. The number of carbonyl (C=O) groups excluding carboxylic acids is 1. The summed E-state index contributed by atoms with van der Waals surface area (Å²) in [6.45, 7) is 9.73. The van der Waals surface area contributed by atoms with E-state index in [1.807, 2.05) is 6.07 Å². The van der Waals surface area contributed by atoms with Crippen LogP contribution in [0.25, 0.3) is 33.1 Å². The molecule has 7 nitrogen and oxygen atoms in total. The number of carboxylic acid groups (broad SMARTS) is 1. The highest BCUT2D eigenvalue weighted by molar-refractivity contribution is 6.06. The normalized spacial score (nSPS) is 18.3. The van der Waals surface area contributed by atoms with Gasteiger partial charge in [0.2, 0.25) is 0 Å². The second kappa shape index (κ2) is 11.5. The van der Waals surface area contributed by atoms with Crippen molar-refractivity contribution >= 4 is 33.7 Å². The Hall–Kier alpha value is -3.58. The van der Waals surface area contributed by atoms with Crippen LogP contribution in [0.5, 0.6) is 0 Å². The Balaban J connectivity index is 1.35. The number of carbonyl (C=O) groups is 2. The minimum atomic E-state index is -0.886. The summed E-state index contributed by atoms with van der Waals surface area (Å²) in [7, 11) is 0. The zero-order valence-corrected chi connectivity index (χ0v) is 25.6. The summed E-state index contributed by atoms with van der Waals surface area (Å²) < 4.78 is 4.70. The summed E-state index contributed by atoms with van der Waals surface area (Å²) in [5, 5.41) is 12.1. The molecule has 4 aromatic rings. The highest BCUT2D eigenvalue weighted by atomic mass is 16.4. The van der Waals surface area contributed by atoms with Crippen molar-refractivity contribution in [2.75, 3.05) is 26.2 Å². The molecule has 2 aromatic carbocycles. The predicted octanol–water partition coefficient (Wildman–Crippen LogP) is 7.36. The maximum Gasteiger partial charge on any atom is 0.335 e. The Morgan fingerprint density at radius 2 is 1.60 bits per heavy atom. The molecule has 7 heteroatoms. The van der Waals surface area contributed by atoms with E-state index < -0.39 is 5.97 Å². The summed E-state index contributed by atoms with van der Waals surface area (Å²) in [6, 6.07) is 14.9. The van der Waals surface area contributed by atoms with Crippen molar-refractivity contribution in [3.63, 3.8) is 0 Å². The number of aryl methyl sites for hydroxylation is 2. The van der Waals surface area contributed by atoms with E-state index >= 15 is 0 Å². The first-order valence-corrected chi connectivity index (χ1v) is 16.6. The monoisotopic (exact) mass is 580 g/mol. The Labute approximate surface area is 254 Å². The minimum Gasteiger partial charge on any atom is -0.478 e. The van der Waals surface area contributed by atoms with E-state index in [0.29, 0.717) is 17.5 Å². The number of aromatic carboxylic acids is 1. The van der Waals surface area contributed by atoms with E-state index in [-0.39, 0.29) is 5.91 Å². The first-order valence-electron chi connectivity index (χ1n) is 16.6. The second-order valence-corrected chi connectivity index (χ2v) is 12.8. The smallest absolute Gasteiger partial charge is 0.335 e. The highest BCUT2D eigenvalue weighted by Crippen LogP contribution is 2.47. The molecule has 1 amide bonds. The molecule has 2 fully saturated rings. The Bertz CT molecular complexity index is 1680. The molecule has 7 rings (SSSR count). The van der Waals surface area contributed by atoms with Gasteiger partial charge in [-0.3, -0.25) is 4.79 Å². The Kier molecular flexibility index (Phi) is 7.54. The molecule has 1 N–H and O–H groups in total. The lowest BCUT2D eigenvalue weighted by molar-refractivity contribution is 0.0620. The number of carboxylic acids is 1. The van der Waals surface area contributed by atoms with E-state index in [1.54, 1.807) is 6.07 Å². The van der Waals surface area contributed by atoms with Gasteiger partial charge < -0.3 is 24.0 Å². The van der Waals surface area contributed by atoms with Gasteiger partial charge in [0, 0.05) is 54.1 Å². The molecule has 1 saturated heterocycles. The molecule has 3 aliphatic rings. The summed E-state index contributed by atoms with van der Waals surface area (Å²) in [4.78, 5) is 30.7. The molecular weight excluding hydrogens is 536 g/mol. The number of nitrogens with zero attached hydrogens (tertiary/aromatic N) is 4. The van der Waals surface area contributed by atoms with Crippen LogP contribution in [0, 0.1) is 0 Å². The van der Waals surface area contributed by atoms with Crippen molar-refractivity contribution in [3.8, 4) is 11.3 Å². The highest BCUT2D eigenvalue weighted by Gasteiger charge is 2.32. The average molecular weight is 581 g/mol. The fourth-order valence-electron chi connectivity index (χ4n) is 8.48. The van der Waals surface area contributed by atoms with Gasteiger partial charge in [0.05, 0.1) is 16.8 Å². The summed E-state index contributed by atoms with van der Waals surface area (Å²) in [5.41, 5.74) is 7.09. The van der Waals surface area contributed by atoms with Gasteiger partial charge in [-0.15, -0.1) is 0 Å². The maximum absolute atomic E-state index is 14.1. The molecule has 43 heavy (non-hydrogen) atoms. The van der Waals surface area contributed by atoms with Crippen LogP contribution in [0.1, 0.15) is 97.5 Å². The van der Waals surface area contributed by atoms with Crippen LogP contribution >= 0.6 is 0 Å². The lowest BCUT2D eigenvalue weighted by Gasteiger charge is -2.37. The summed E-state index contributed by atoms with van der Waals surface area (Å²) in [5.74, 6) is -0.280. The van der Waals surface area contributed by atoms with Gasteiger partial charge in [0.1, 0.15) is 5.69 Å². The molecule has 1 saturated carbocycles. The fourth-order valence-corrected chi connectivity index (χ4v) is 8.48. The van der Waals surface area contributed by atoms with Gasteiger partial charge in [-0.25, -0.2) is 4.79 Å². The number of hydrogen-bond donors (Lipinski definition) is 1. The van der Waals surface area contributed by atoms with Crippen LogP contribution < -0.4 is 0 Å². The predicted molar refractivity (Wildman–Crippen MR) is 172 cm³/mol. The Morgan fingerprint density at radius 1 is 0.860 bits per heavy atom. The third-order valence-electron chi connectivity index (χ3n) is 10.6. The Morgan fingerprint density at radius 3 is 2.33 bits per heavy atom. The molecule has 1 aliphatic carbocycles. The van der Waals surface area contributed by atoms with Crippen LogP contribution in [-0.2, 0) is 13.1 Å². The molecule has 2 aromatic heterocycles. The van der Waals surface area contributed by atoms with Crippen LogP contribution in [0.15, 0.2) is 42.5 Å². The zero-order valence-electron chi connectivity index (χ0n) is 25.6. The molecule has 4 heterocycles. The standard InChI is InChI=1S/C36H44N4O3/c1-3-37(4-2)27-16-20-38(21-17-27)35(41)31-22-25-12-8-13-29-33(25)40(31)19-9-18-39-30-23-26(36(42)43)14-15-28(30)32(34(29)39)24-10-6-5-7-11-24/h8,12-15,22-24,27H,3-7,9-11,16-21H2,1-2H3,(H,42,43). The number of para-hydroxylation sites is 1. The van der Waals surface area contributed by atoms with Crippen LogP contribution in [-0.4, -0.2) is 68.1 Å². The lowest BCUT2D eigenvalue weighted by Crippen LogP contribution is -2.47. The zero-order chi connectivity index (χ0) is 29.7. The first-order chi connectivity index (χ1) is 21.0. The molecule has 0 spiro atoms. The number of rotatable bonds is 6. The number of amides is 1. The van der Waals surface area contributed by atoms with Crippen molar-refractivity contribution in [1.82, 2.24) is 18.9 Å². The van der Waals surface area contributed by atoms with Gasteiger partial charge in [0.15, 0.2) is 0 Å². The molecule has 2 aliphatic heterocycles.